The van der Waals surface area contributed by atoms with E-state index >= 15 is 0 Å². The lowest BCUT2D eigenvalue weighted by atomic mass is 9.91. The van der Waals surface area contributed by atoms with E-state index in [9.17, 15) is 0 Å². The molecule has 0 bridgehead atoms. The maximum absolute atomic E-state index is 7.21. The van der Waals surface area contributed by atoms with Crippen LogP contribution in [0.2, 0.25) is 0 Å². The van der Waals surface area contributed by atoms with Crippen molar-refractivity contribution in [1.29, 1.82) is 5.41 Å². The molecule has 0 atom stereocenters. The first-order valence-electron chi connectivity index (χ1n) is 14.9. The zero-order chi connectivity index (χ0) is 31.7. The Morgan fingerprint density at radius 2 is 1.12 bits per heavy atom. The van der Waals surface area contributed by atoms with Gasteiger partial charge in [0.05, 0.1) is 0 Å². The fourth-order valence-electron chi connectivity index (χ4n) is 5.42. The molecule has 0 aliphatic rings. The number of anilines is 1. The van der Waals surface area contributed by atoms with Gasteiger partial charge in [0, 0.05) is 39.4 Å². The van der Waals surface area contributed by atoms with Gasteiger partial charge in [0.2, 0.25) is 0 Å². The van der Waals surface area contributed by atoms with Gasteiger partial charge in [0.25, 0.3) is 0 Å². The SMILES string of the molecule is C#Cc1c(C)ccc2cccc(C(C)C)c12.C#Cc1cccc2cccc(C(C)C)c12.CC(C)c1cccc(N)c1C=N. The van der Waals surface area contributed by atoms with Crippen LogP contribution in [0.1, 0.15) is 98.2 Å². The number of rotatable bonds is 4. The van der Waals surface area contributed by atoms with Gasteiger partial charge in [-0.1, -0.05) is 126 Å². The largest absolute Gasteiger partial charge is 0.398 e. The van der Waals surface area contributed by atoms with Gasteiger partial charge in [0.1, 0.15) is 0 Å². The van der Waals surface area contributed by atoms with E-state index < -0.39 is 0 Å². The lowest BCUT2D eigenvalue weighted by Gasteiger charge is -2.13. The monoisotopic (exact) mass is 564 g/mol. The fourth-order valence-corrected chi connectivity index (χ4v) is 5.42. The number of hydrogen-bond donors (Lipinski definition) is 2. The van der Waals surface area contributed by atoms with Crippen molar-refractivity contribution in [2.24, 2.45) is 0 Å². The zero-order valence-corrected chi connectivity index (χ0v) is 26.6. The molecule has 0 aliphatic carbocycles. The summed E-state index contributed by atoms with van der Waals surface area (Å²) in [6, 6.07) is 28.9. The summed E-state index contributed by atoms with van der Waals surface area (Å²) < 4.78 is 0. The second-order valence-electron chi connectivity index (χ2n) is 11.7. The van der Waals surface area contributed by atoms with Crippen LogP contribution in [0.4, 0.5) is 5.69 Å². The van der Waals surface area contributed by atoms with Crippen LogP contribution in [-0.2, 0) is 0 Å². The number of benzene rings is 5. The van der Waals surface area contributed by atoms with Gasteiger partial charge < -0.3 is 11.1 Å². The smallest absolute Gasteiger partial charge is 0.0405 e. The average Bonchev–Trinajstić information content (AvgIpc) is 3.00. The Labute approximate surface area is 258 Å². The van der Waals surface area contributed by atoms with Crippen LogP contribution in [0.25, 0.3) is 21.5 Å². The molecule has 5 aromatic carbocycles. The maximum atomic E-state index is 7.21. The van der Waals surface area contributed by atoms with Gasteiger partial charge in [-0.15, -0.1) is 12.8 Å². The second kappa shape index (κ2) is 14.9. The molecule has 0 heterocycles. The number of nitrogens with two attached hydrogens (primary N) is 1. The minimum atomic E-state index is 0.421. The minimum Gasteiger partial charge on any atom is -0.398 e. The van der Waals surface area contributed by atoms with Crippen molar-refractivity contribution in [1.82, 2.24) is 0 Å². The minimum absolute atomic E-state index is 0.421. The molecular formula is C41H44N2. The third kappa shape index (κ3) is 7.54. The first kappa shape index (κ1) is 32.7. The molecule has 0 unspecified atom stereocenters. The van der Waals surface area contributed by atoms with Crippen molar-refractivity contribution < 1.29 is 0 Å². The molecular weight excluding hydrogens is 520 g/mol. The molecule has 0 amide bonds. The standard InChI is InChI=1S/C16H16.C15H14.C10H14N2/c1-5-14-12(4)9-10-13-7-6-8-15(11(2)3)16(13)14;1-4-12-7-5-8-13-9-6-10-14(11(2)3)15(12)13;1-7(2)8-4-3-5-10(12)9(8)6-11/h1,6-11H,2-4H3;1,5-11H,2-3H3;3-7,11H,12H2,1-2H3. The van der Waals surface area contributed by atoms with Crippen molar-refractivity contribution in [3.8, 4) is 24.7 Å². The molecule has 3 N–H and O–H groups in total. The number of nitrogens with one attached hydrogen (secondary N) is 1. The van der Waals surface area contributed by atoms with Crippen molar-refractivity contribution in [2.75, 3.05) is 5.73 Å². The van der Waals surface area contributed by atoms with Crippen LogP contribution >= 0.6 is 0 Å². The van der Waals surface area contributed by atoms with Gasteiger partial charge in [-0.05, 0) is 69.8 Å². The Morgan fingerprint density at radius 3 is 1.60 bits per heavy atom. The summed E-state index contributed by atoms with van der Waals surface area (Å²) in [6.07, 6.45) is 12.5. The molecule has 0 saturated heterocycles. The molecule has 43 heavy (non-hydrogen) atoms. The first-order chi connectivity index (χ1) is 20.5. The highest BCUT2D eigenvalue weighted by Gasteiger charge is 2.10. The first-order valence-corrected chi connectivity index (χ1v) is 14.9. The molecule has 2 heteroatoms. The van der Waals surface area contributed by atoms with E-state index in [1.807, 2.05) is 30.3 Å². The third-order valence-corrected chi connectivity index (χ3v) is 7.71. The highest BCUT2D eigenvalue weighted by atomic mass is 14.6. The summed E-state index contributed by atoms with van der Waals surface area (Å²) in [4.78, 5) is 0. The van der Waals surface area contributed by atoms with Crippen LogP contribution < -0.4 is 5.73 Å². The summed E-state index contributed by atoms with van der Waals surface area (Å²) in [6.45, 7) is 15.1. The number of hydrogen-bond acceptors (Lipinski definition) is 2. The van der Waals surface area contributed by atoms with E-state index in [0.717, 1.165) is 22.3 Å². The molecule has 0 spiro atoms. The summed E-state index contributed by atoms with van der Waals surface area (Å²) in [7, 11) is 0. The van der Waals surface area contributed by atoms with Crippen molar-refractivity contribution >= 4 is 33.4 Å². The van der Waals surface area contributed by atoms with E-state index in [4.69, 9.17) is 24.0 Å². The van der Waals surface area contributed by atoms with Crippen LogP contribution in [0.3, 0.4) is 0 Å². The molecule has 218 valence electrons. The van der Waals surface area contributed by atoms with E-state index in [-0.39, 0.29) is 0 Å². The van der Waals surface area contributed by atoms with Gasteiger partial charge in [-0.25, -0.2) is 0 Å². The van der Waals surface area contributed by atoms with Gasteiger partial charge >= 0.3 is 0 Å². The zero-order valence-electron chi connectivity index (χ0n) is 26.6. The van der Waals surface area contributed by atoms with E-state index in [2.05, 4.69) is 115 Å². The Balaban J connectivity index is 0.000000179. The molecule has 2 nitrogen and oxygen atoms in total. The molecule has 0 saturated carbocycles. The maximum Gasteiger partial charge on any atom is 0.0405 e. The van der Waals surface area contributed by atoms with Gasteiger partial charge in [-0.2, -0.15) is 0 Å². The summed E-state index contributed by atoms with van der Waals surface area (Å²) in [5.41, 5.74) is 14.3. The third-order valence-electron chi connectivity index (χ3n) is 7.71. The molecule has 5 rings (SSSR count). The molecule has 0 radical (unpaired) electrons. The lowest BCUT2D eigenvalue weighted by Crippen LogP contribution is -1.99. The predicted octanol–water partition coefficient (Wildman–Crippen LogP) is 10.6. The summed E-state index contributed by atoms with van der Waals surface area (Å²) in [5, 5.41) is 12.2. The highest BCUT2D eigenvalue weighted by Crippen LogP contribution is 2.30. The molecule has 5 aromatic rings. The highest BCUT2D eigenvalue weighted by molar-refractivity contribution is 5.93. The summed E-state index contributed by atoms with van der Waals surface area (Å²) >= 11 is 0. The number of terminal acetylenes is 2. The fraction of sp³-hybridized carbons (Fsp3) is 0.244. The second-order valence-corrected chi connectivity index (χ2v) is 11.7. The normalized spacial score (nSPS) is 10.5. The van der Waals surface area contributed by atoms with Crippen molar-refractivity contribution in [3.05, 3.63) is 124 Å². The topological polar surface area (TPSA) is 49.9 Å². The number of fused-ring (bicyclic) bond motifs is 2. The van der Waals surface area contributed by atoms with Crippen LogP contribution in [0.15, 0.2) is 84.9 Å². The Hall–Kier alpha value is -4.79. The quantitative estimate of drug-likeness (QED) is 0.127. The van der Waals surface area contributed by atoms with E-state index in [0.29, 0.717) is 23.4 Å². The number of nitrogen functional groups attached to an aromatic ring is 1. The van der Waals surface area contributed by atoms with E-state index in [1.165, 1.54) is 44.4 Å². The lowest BCUT2D eigenvalue weighted by molar-refractivity contribution is 0.865. The Morgan fingerprint density at radius 1 is 0.628 bits per heavy atom. The summed E-state index contributed by atoms with van der Waals surface area (Å²) in [5.74, 6) is 7.02. The van der Waals surface area contributed by atoms with Gasteiger partial charge in [-0.3, -0.25) is 0 Å². The average molecular weight is 565 g/mol. The van der Waals surface area contributed by atoms with Crippen LogP contribution in [-0.4, -0.2) is 6.21 Å². The Kier molecular flexibility index (Phi) is 11.3. The molecule has 0 fully saturated rings. The van der Waals surface area contributed by atoms with Crippen molar-refractivity contribution in [2.45, 2.75) is 66.2 Å². The number of aryl methyl sites for hydroxylation is 1. The van der Waals surface area contributed by atoms with E-state index in [1.54, 1.807) is 0 Å². The van der Waals surface area contributed by atoms with Crippen molar-refractivity contribution in [3.63, 3.8) is 0 Å². The molecule has 0 aliphatic heterocycles. The van der Waals surface area contributed by atoms with Crippen LogP contribution in [0, 0.1) is 37.0 Å². The van der Waals surface area contributed by atoms with Crippen LogP contribution in [0.5, 0.6) is 0 Å². The molecule has 0 aromatic heterocycles. The van der Waals surface area contributed by atoms with Gasteiger partial charge in [0.15, 0.2) is 0 Å². The Bertz CT molecular complexity index is 1800. The predicted molar refractivity (Wildman–Crippen MR) is 190 cm³/mol.